The van der Waals surface area contributed by atoms with Crippen LogP contribution in [-0.4, -0.2) is 31.0 Å². The molecular weight excluding hydrogens is 320 g/mol. The average Bonchev–Trinajstić information content (AvgIpc) is 2.60. The van der Waals surface area contributed by atoms with Gasteiger partial charge in [0, 0.05) is 5.56 Å². The summed E-state index contributed by atoms with van der Waals surface area (Å²) >= 11 is 0. The molecule has 1 N–H and O–H groups in total. The maximum Gasteiger partial charge on any atom is 0.289 e. The van der Waals surface area contributed by atoms with E-state index < -0.39 is 0 Å². The van der Waals surface area contributed by atoms with Crippen molar-refractivity contribution < 1.29 is 14.4 Å². The molecule has 2 rings (SSSR count). The summed E-state index contributed by atoms with van der Waals surface area (Å²) < 4.78 is 11.9. The molecular formula is C18H23N4O3+. The van der Waals surface area contributed by atoms with Crippen LogP contribution in [0.4, 0.5) is 0 Å². The molecule has 0 aliphatic carbocycles. The van der Waals surface area contributed by atoms with Gasteiger partial charge in [-0.25, -0.2) is 0 Å². The van der Waals surface area contributed by atoms with Crippen molar-refractivity contribution in [3.63, 3.8) is 0 Å². The van der Waals surface area contributed by atoms with E-state index in [2.05, 4.69) is 5.10 Å². The smallest absolute Gasteiger partial charge is 0.289 e. The fraction of sp³-hybridized carbons (Fsp3) is 0.389. The van der Waals surface area contributed by atoms with Crippen LogP contribution in [0.25, 0.3) is 0 Å². The van der Waals surface area contributed by atoms with Crippen LogP contribution < -0.4 is 19.9 Å². The van der Waals surface area contributed by atoms with Crippen LogP contribution >= 0.6 is 0 Å². The minimum atomic E-state index is -0.350. The number of aryl methyl sites for hydroxylation is 1. The zero-order chi connectivity index (χ0) is 18.6. The van der Waals surface area contributed by atoms with Gasteiger partial charge in [-0.15, -0.1) is 0 Å². The molecule has 0 spiro atoms. The molecule has 1 heterocycles. The Hall–Kier alpha value is -2.85. The normalized spacial score (nSPS) is 11.7. The summed E-state index contributed by atoms with van der Waals surface area (Å²) in [5.41, 5.74) is 2.19. The van der Waals surface area contributed by atoms with Crippen molar-refractivity contribution in [1.82, 2.24) is 9.78 Å². The summed E-state index contributed by atoms with van der Waals surface area (Å²) in [5.74, 6) is 1.34. The lowest BCUT2D eigenvalue weighted by Gasteiger charge is -2.17. The van der Waals surface area contributed by atoms with E-state index in [1.807, 2.05) is 31.3 Å². The first kappa shape index (κ1) is 18.5. The van der Waals surface area contributed by atoms with E-state index in [1.54, 1.807) is 28.1 Å². The third-order valence-electron chi connectivity index (χ3n) is 4.12. The Labute approximate surface area is 147 Å². The molecule has 0 aliphatic heterocycles. The number of hydrogen-bond donors (Lipinski definition) is 1. The van der Waals surface area contributed by atoms with Gasteiger partial charge in [0.05, 0.1) is 27.0 Å². The monoisotopic (exact) mass is 343 g/mol. The highest BCUT2D eigenvalue weighted by molar-refractivity contribution is 5.42. The Morgan fingerprint density at radius 2 is 1.92 bits per heavy atom. The molecule has 25 heavy (non-hydrogen) atoms. The molecule has 7 nitrogen and oxygen atoms in total. The zero-order valence-electron chi connectivity index (χ0n) is 15.2. The molecule has 0 aliphatic rings. The molecule has 0 saturated carbocycles. The van der Waals surface area contributed by atoms with E-state index in [0.29, 0.717) is 36.0 Å². The highest BCUT2D eigenvalue weighted by Crippen LogP contribution is 2.27. The molecule has 132 valence electrons. The first-order valence-corrected chi connectivity index (χ1v) is 7.91. The number of ether oxygens (including phenoxy) is 2. The third kappa shape index (κ3) is 3.98. The maximum absolute atomic E-state index is 12.4. The first-order valence-electron chi connectivity index (χ1n) is 7.91. The van der Waals surface area contributed by atoms with E-state index in [9.17, 15) is 10.1 Å². The maximum atomic E-state index is 12.4. The van der Waals surface area contributed by atoms with Gasteiger partial charge < -0.3 is 14.4 Å². The van der Waals surface area contributed by atoms with Crippen LogP contribution in [0.2, 0.25) is 0 Å². The van der Waals surface area contributed by atoms with Crippen molar-refractivity contribution in [3.8, 4) is 17.6 Å². The van der Waals surface area contributed by atoms with E-state index in [1.165, 1.54) is 4.68 Å². The van der Waals surface area contributed by atoms with E-state index in [0.717, 1.165) is 10.5 Å². The molecule has 1 atom stereocenters. The quantitative estimate of drug-likeness (QED) is 0.822. The Bertz CT molecular complexity index is 868. The van der Waals surface area contributed by atoms with E-state index in [4.69, 9.17) is 9.47 Å². The van der Waals surface area contributed by atoms with Gasteiger partial charge in [0.1, 0.15) is 18.2 Å². The summed E-state index contributed by atoms with van der Waals surface area (Å²) in [6.45, 7) is 4.58. The van der Waals surface area contributed by atoms with Crippen LogP contribution in [0.1, 0.15) is 22.4 Å². The summed E-state index contributed by atoms with van der Waals surface area (Å²) in [5, 5.41) is 13.5. The van der Waals surface area contributed by atoms with Crippen molar-refractivity contribution in [2.75, 3.05) is 21.3 Å². The molecule has 0 bridgehead atoms. The Morgan fingerprint density at radius 1 is 1.24 bits per heavy atom. The lowest BCUT2D eigenvalue weighted by molar-refractivity contribution is -0.917. The molecule has 7 heteroatoms. The van der Waals surface area contributed by atoms with Gasteiger partial charge in [-0.3, -0.25) is 4.79 Å². The van der Waals surface area contributed by atoms with Gasteiger partial charge in [-0.2, -0.15) is 15.0 Å². The molecule has 0 saturated heterocycles. The second-order valence-electron chi connectivity index (χ2n) is 5.98. The third-order valence-corrected chi connectivity index (χ3v) is 4.12. The van der Waals surface area contributed by atoms with Gasteiger partial charge in [0.25, 0.3) is 5.56 Å². The highest BCUT2D eigenvalue weighted by atomic mass is 16.5. The van der Waals surface area contributed by atoms with Crippen molar-refractivity contribution in [3.05, 3.63) is 50.9 Å². The van der Waals surface area contributed by atoms with Gasteiger partial charge in [-0.05, 0) is 37.6 Å². The van der Waals surface area contributed by atoms with Crippen LogP contribution in [0.5, 0.6) is 11.5 Å². The van der Waals surface area contributed by atoms with E-state index >= 15 is 0 Å². The van der Waals surface area contributed by atoms with Crippen molar-refractivity contribution in [1.29, 1.82) is 5.26 Å². The number of nitrogens with zero attached hydrogens (tertiary/aromatic N) is 3. The molecule has 1 aromatic carbocycles. The van der Waals surface area contributed by atoms with Crippen molar-refractivity contribution in [2.45, 2.75) is 27.1 Å². The summed E-state index contributed by atoms with van der Waals surface area (Å²) in [6, 6.07) is 7.72. The van der Waals surface area contributed by atoms with Crippen LogP contribution in [0.3, 0.4) is 0 Å². The first-order chi connectivity index (χ1) is 11.9. The number of nitrogens with one attached hydrogen (secondary N) is 1. The predicted molar refractivity (Wildman–Crippen MR) is 92.8 cm³/mol. The molecule has 1 aromatic heterocycles. The number of nitriles is 1. The number of quaternary nitrogens is 1. The van der Waals surface area contributed by atoms with Gasteiger partial charge >= 0.3 is 0 Å². The second kappa shape index (κ2) is 7.81. The van der Waals surface area contributed by atoms with Crippen LogP contribution in [0, 0.1) is 25.2 Å². The Morgan fingerprint density at radius 3 is 2.52 bits per heavy atom. The van der Waals surface area contributed by atoms with E-state index in [-0.39, 0.29) is 11.1 Å². The number of aromatic nitrogens is 2. The fourth-order valence-electron chi connectivity index (χ4n) is 2.66. The van der Waals surface area contributed by atoms with Crippen LogP contribution in [0.15, 0.2) is 23.0 Å². The summed E-state index contributed by atoms with van der Waals surface area (Å²) in [6.07, 6.45) is 0. The second-order valence-corrected chi connectivity index (χ2v) is 5.98. The highest BCUT2D eigenvalue weighted by Gasteiger charge is 2.15. The van der Waals surface area contributed by atoms with Crippen molar-refractivity contribution >= 4 is 0 Å². The summed E-state index contributed by atoms with van der Waals surface area (Å²) in [7, 11) is 5.16. The topological polar surface area (TPSA) is 81.6 Å². The lowest BCUT2D eigenvalue weighted by Crippen LogP contribution is -3.07. The fourth-order valence-corrected chi connectivity index (χ4v) is 2.66. The minimum Gasteiger partial charge on any atom is -0.493 e. The lowest BCUT2D eigenvalue weighted by atomic mass is 10.1. The molecule has 1 unspecified atom stereocenters. The Balaban J connectivity index is 2.21. The number of rotatable bonds is 6. The summed E-state index contributed by atoms with van der Waals surface area (Å²) in [4.78, 5) is 13.4. The zero-order valence-corrected chi connectivity index (χ0v) is 15.2. The minimum absolute atomic E-state index is 0.159. The molecule has 2 aromatic rings. The Kier molecular flexibility index (Phi) is 5.78. The molecule has 0 amide bonds. The van der Waals surface area contributed by atoms with Gasteiger partial charge in [0.15, 0.2) is 18.2 Å². The molecule has 0 fully saturated rings. The number of hydrogen-bond acceptors (Lipinski definition) is 5. The number of methoxy groups -OCH3 is 2. The SMILES string of the molecule is COc1ccc(C[NH+](C)Cn2nc(C)c(C)c(C#N)c2=O)cc1OC. The number of benzene rings is 1. The predicted octanol–water partition coefficient (Wildman–Crippen LogP) is 0.421. The van der Waals surface area contributed by atoms with Crippen LogP contribution in [-0.2, 0) is 13.2 Å². The average molecular weight is 343 g/mol. The largest absolute Gasteiger partial charge is 0.493 e. The van der Waals surface area contributed by atoms with Crippen molar-refractivity contribution in [2.24, 2.45) is 0 Å². The van der Waals surface area contributed by atoms with Gasteiger partial charge in [0.2, 0.25) is 0 Å². The van der Waals surface area contributed by atoms with Gasteiger partial charge in [-0.1, -0.05) is 0 Å². The molecule has 0 radical (unpaired) electrons. The standard InChI is InChI=1S/C18H22N4O3/c1-12-13(2)20-22(18(23)15(12)9-19)11-21(3)10-14-6-7-16(24-4)17(8-14)25-5/h6-8H,10-11H2,1-5H3/p+1.